The van der Waals surface area contributed by atoms with Crippen molar-refractivity contribution in [2.75, 3.05) is 6.61 Å². The average molecular weight is 977 g/mol. The monoisotopic (exact) mass is 976 g/mol. The molecule has 5 fully saturated rings. The standard InChI is InChI=1S/C57H104N3O.2ClH.Co/c1-7-8-9-10-11-12-13-14-15-16-17-18-19-20-21-22-23-32-42-61-56-50(47-34-26-24-27-35-47)43-49(44-51(56)48-36-28-25-29-37-48)58-45(2)53-40-33-41-54(60-53)46(3)59-55-39-31-30-38-52(55)57(4,5)6;;;/h47-56H,7-44H2,1-6H3;2*1H;/q-1;;;+3/p-2. The number of hydrogen-bond acceptors (Lipinski definition) is 3. The Balaban J connectivity index is 0.00000291. The van der Waals surface area contributed by atoms with Gasteiger partial charge in [0.2, 0.25) is 0 Å². The number of aliphatic imine (C=N–C) groups is 2. The first kappa shape index (κ1) is 56.9. The van der Waals surface area contributed by atoms with Crippen molar-refractivity contribution in [2.45, 2.75) is 309 Å². The fraction of sp³-hybridized carbons (Fsp3) is 0.965. The van der Waals surface area contributed by atoms with Gasteiger partial charge in [-0.3, -0.25) is 9.98 Å². The van der Waals surface area contributed by atoms with Crippen molar-refractivity contribution in [3.05, 3.63) is 5.32 Å². The summed E-state index contributed by atoms with van der Waals surface area (Å²) < 4.78 is 7.26. The van der Waals surface area contributed by atoms with Crippen molar-refractivity contribution in [2.24, 2.45) is 45.0 Å². The second-order valence-corrected chi connectivity index (χ2v) is 24.8. The Morgan fingerprint density at radius 2 is 0.938 bits per heavy atom. The molecule has 0 radical (unpaired) electrons. The third-order valence-corrected chi connectivity index (χ3v) is 17.1. The zero-order valence-corrected chi connectivity index (χ0v) is 45.5. The van der Waals surface area contributed by atoms with Gasteiger partial charge >= 0.3 is 33.2 Å². The summed E-state index contributed by atoms with van der Waals surface area (Å²) in [6.45, 7) is 15.3. The fourth-order valence-electron chi connectivity index (χ4n) is 13.4. The Bertz CT molecular complexity index is 1200. The Morgan fingerprint density at radius 1 is 0.531 bits per heavy atom. The van der Waals surface area contributed by atoms with Gasteiger partial charge in [0.25, 0.3) is 0 Å². The predicted octanol–water partition coefficient (Wildman–Crippen LogP) is 19.2. The molecule has 376 valence electrons. The van der Waals surface area contributed by atoms with Gasteiger partial charge in [-0.2, -0.15) is 0 Å². The second kappa shape index (κ2) is 33.8. The number of ether oxygens (including phenoxy) is 1. The van der Waals surface area contributed by atoms with Gasteiger partial charge in [0, 0.05) is 6.61 Å². The Hall–Kier alpha value is 0.346. The molecule has 5 aliphatic rings. The molecule has 5 rings (SSSR count). The molecular formula is C57H104Cl2CoN3O. The molecule has 0 bridgehead atoms. The molecule has 1 heterocycles. The van der Waals surface area contributed by atoms with Gasteiger partial charge in [-0.25, -0.2) is 0 Å². The van der Waals surface area contributed by atoms with Crippen molar-refractivity contribution >= 4 is 31.7 Å². The van der Waals surface area contributed by atoms with E-state index in [1.165, 1.54) is 249 Å². The molecule has 0 N–H and O–H groups in total. The van der Waals surface area contributed by atoms with Crippen molar-refractivity contribution in [1.29, 1.82) is 0 Å². The first-order valence-electron chi connectivity index (χ1n) is 28.4. The molecule has 0 aromatic heterocycles. The second-order valence-electron chi connectivity index (χ2n) is 23.1. The van der Waals surface area contributed by atoms with Gasteiger partial charge in [-0.05, 0) is 92.4 Å². The van der Waals surface area contributed by atoms with Crippen LogP contribution < -0.4 is 0 Å². The summed E-state index contributed by atoms with van der Waals surface area (Å²) >= 11 is 0.382. The van der Waals surface area contributed by atoms with Gasteiger partial charge < -0.3 is 10.1 Å². The van der Waals surface area contributed by atoms with Crippen LogP contribution in [0.3, 0.4) is 0 Å². The predicted molar refractivity (Wildman–Crippen MR) is 280 cm³/mol. The summed E-state index contributed by atoms with van der Waals surface area (Å²) in [4.78, 5) is 11.2. The van der Waals surface area contributed by atoms with E-state index in [0.29, 0.717) is 54.2 Å². The van der Waals surface area contributed by atoms with Crippen molar-refractivity contribution in [1.82, 2.24) is 0 Å². The molecule has 64 heavy (non-hydrogen) atoms. The zero-order valence-electron chi connectivity index (χ0n) is 43.0. The van der Waals surface area contributed by atoms with Crippen LogP contribution in [0.2, 0.25) is 0 Å². The van der Waals surface area contributed by atoms with E-state index in [-0.39, 0.29) is 12.1 Å². The topological polar surface area (TPSA) is 48.1 Å². The summed E-state index contributed by atoms with van der Waals surface area (Å²) in [5.41, 5.74) is 2.96. The molecule has 1 saturated heterocycles. The number of nitrogens with zero attached hydrogens (tertiary/aromatic N) is 3. The van der Waals surface area contributed by atoms with Crippen LogP contribution in [-0.2, 0) is 17.6 Å². The molecule has 0 spiro atoms. The molecule has 7 heteroatoms. The summed E-state index contributed by atoms with van der Waals surface area (Å²) in [5.74, 6) is 3.74. The molecule has 6 atom stereocenters. The van der Waals surface area contributed by atoms with Crippen LogP contribution in [0.25, 0.3) is 5.32 Å². The third-order valence-electron chi connectivity index (χ3n) is 17.1. The molecule has 6 unspecified atom stereocenters. The summed E-state index contributed by atoms with van der Waals surface area (Å²) in [6.07, 6.45) is 51.9. The Labute approximate surface area is 413 Å². The molecule has 4 aliphatic carbocycles. The van der Waals surface area contributed by atoms with Gasteiger partial charge in [-0.15, -0.1) is 0 Å². The Kier molecular flexibility index (Phi) is 30.1. The average Bonchev–Trinajstić information content (AvgIpc) is 3.30. The minimum absolute atomic E-state index is 0.272. The van der Waals surface area contributed by atoms with Crippen LogP contribution in [0.1, 0.15) is 279 Å². The van der Waals surface area contributed by atoms with Gasteiger partial charge in [0.1, 0.15) is 0 Å². The molecule has 4 nitrogen and oxygen atoms in total. The molecular weight excluding hydrogens is 872 g/mol. The summed E-state index contributed by atoms with van der Waals surface area (Å²) in [7, 11) is 9.47. The van der Waals surface area contributed by atoms with E-state index in [1.54, 1.807) is 0 Å². The van der Waals surface area contributed by atoms with Crippen LogP contribution >= 0.6 is 20.3 Å². The number of rotatable bonds is 26. The van der Waals surface area contributed by atoms with Crippen molar-refractivity contribution in [3.63, 3.8) is 0 Å². The minimum atomic E-state index is 0.272. The summed E-state index contributed by atoms with van der Waals surface area (Å²) in [5, 5.41) is 5.56. The van der Waals surface area contributed by atoms with Crippen LogP contribution in [-0.4, -0.2) is 48.3 Å². The molecule has 0 aromatic carbocycles. The first-order valence-corrected chi connectivity index (χ1v) is 31.3. The molecule has 1 aliphatic heterocycles. The number of piperidine rings is 1. The summed E-state index contributed by atoms with van der Waals surface area (Å²) in [6, 6.07) is 1.47. The van der Waals surface area contributed by atoms with E-state index < -0.39 is 0 Å². The Morgan fingerprint density at radius 3 is 1.39 bits per heavy atom. The number of unbranched alkanes of at least 4 members (excludes halogenated alkanes) is 17. The van der Waals surface area contributed by atoms with Crippen LogP contribution in [0.15, 0.2) is 9.98 Å². The van der Waals surface area contributed by atoms with E-state index in [2.05, 4.69) is 41.5 Å². The normalized spacial score (nSPS) is 29.4. The number of hydrogen-bond donors (Lipinski definition) is 0. The zero-order chi connectivity index (χ0) is 45.8. The van der Waals surface area contributed by atoms with Crippen LogP contribution in [0, 0.1) is 35.0 Å². The fourth-order valence-corrected chi connectivity index (χ4v) is 13.4. The maximum absolute atomic E-state index is 7.26. The van der Waals surface area contributed by atoms with E-state index in [4.69, 9.17) is 40.3 Å². The van der Waals surface area contributed by atoms with Gasteiger partial charge in [-0.1, -0.05) is 245 Å². The SMILES string of the molecule is CCCCCCCCCCCCCCCCCCCCOC1C(C2CCCCC2)CC(N=C(C)C2CCCC(C(C)=NC3CCCCC3C(C)(C)C)[N-]2)CC1C1CCCCC1.[Cl][Co+][Cl]. The van der Waals surface area contributed by atoms with E-state index in [9.17, 15) is 0 Å². The van der Waals surface area contributed by atoms with E-state index >= 15 is 0 Å². The van der Waals surface area contributed by atoms with Crippen LogP contribution in [0.5, 0.6) is 0 Å². The molecule has 0 amide bonds. The van der Waals surface area contributed by atoms with Gasteiger partial charge in [0.15, 0.2) is 0 Å². The molecule has 4 saturated carbocycles. The van der Waals surface area contributed by atoms with E-state index in [0.717, 1.165) is 18.4 Å². The quantitative estimate of drug-likeness (QED) is 0.0629. The third kappa shape index (κ3) is 21.5. The first-order chi connectivity index (χ1) is 31.2. The van der Waals surface area contributed by atoms with Crippen molar-refractivity contribution < 1.29 is 17.6 Å². The van der Waals surface area contributed by atoms with Gasteiger partial charge in [0.05, 0.1) is 18.2 Å². The molecule has 0 aromatic rings. The maximum atomic E-state index is 7.26. The van der Waals surface area contributed by atoms with E-state index in [1.807, 2.05) is 0 Å². The number of halogens is 2. The van der Waals surface area contributed by atoms with Crippen molar-refractivity contribution in [3.8, 4) is 0 Å². The van der Waals surface area contributed by atoms with Crippen LogP contribution in [0.4, 0.5) is 0 Å².